The maximum Gasteiger partial charge on any atom is 0.409 e. The number of nitrogens with zero attached hydrogens (tertiary/aromatic N) is 3. The Morgan fingerprint density at radius 1 is 1.12 bits per heavy atom. The maximum absolute atomic E-state index is 14.0. The zero-order valence-electron chi connectivity index (χ0n) is 22.4. The molecule has 0 radical (unpaired) electrons. The highest BCUT2D eigenvalue weighted by molar-refractivity contribution is 6.04. The molecule has 2 aromatic rings. The quantitative estimate of drug-likeness (QED) is 0.352. The molecule has 3 heterocycles. The van der Waals surface area contributed by atoms with Crippen LogP contribution in [0.3, 0.4) is 0 Å². The van der Waals surface area contributed by atoms with E-state index in [0.717, 1.165) is 0 Å². The second kappa shape index (κ2) is 12.6. The van der Waals surface area contributed by atoms with Gasteiger partial charge in [0, 0.05) is 44.4 Å². The second-order valence-corrected chi connectivity index (χ2v) is 9.32. The van der Waals surface area contributed by atoms with Crippen LogP contribution in [0, 0.1) is 0 Å². The molecule has 13 nitrogen and oxygen atoms in total. The van der Waals surface area contributed by atoms with Gasteiger partial charge in [-0.1, -0.05) is 12.1 Å². The molecule has 2 saturated heterocycles. The zero-order chi connectivity index (χ0) is 28.8. The lowest BCUT2D eigenvalue weighted by molar-refractivity contribution is -0.144. The number of rotatable bonds is 9. The molecule has 0 spiro atoms. The van der Waals surface area contributed by atoms with E-state index in [1.807, 2.05) is 0 Å². The molecule has 1 aromatic heterocycles. The Bertz CT molecular complexity index is 1310. The van der Waals surface area contributed by atoms with E-state index in [4.69, 9.17) is 24.7 Å². The fourth-order valence-corrected chi connectivity index (χ4v) is 4.83. The first-order valence-electron chi connectivity index (χ1n) is 13.1. The van der Waals surface area contributed by atoms with E-state index in [1.165, 1.54) is 12.0 Å². The van der Waals surface area contributed by atoms with Crippen LogP contribution in [0.15, 0.2) is 24.3 Å². The third-order valence-electron chi connectivity index (χ3n) is 6.88. The van der Waals surface area contributed by atoms with Gasteiger partial charge in [-0.25, -0.2) is 9.59 Å². The monoisotopic (exact) mass is 556 g/mol. The van der Waals surface area contributed by atoms with Gasteiger partial charge in [-0.3, -0.25) is 19.4 Å². The summed E-state index contributed by atoms with van der Waals surface area (Å²) in [5.41, 5.74) is 6.14. The van der Waals surface area contributed by atoms with Gasteiger partial charge in [-0.05, 0) is 25.5 Å². The lowest BCUT2D eigenvalue weighted by Gasteiger charge is -2.36. The number of nitrogens with two attached hydrogens (primary N) is 1. The summed E-state index contributed by atoms with van der Waals surface area (Å²) in [6.45, 7) is 3.04. The van der Waals surface area contributed by atoms with Crippen LogP contribution in [0.4, 0.5) is 4.79 Å². The summed E-state index contributed by atoms with van der Waals surface area (Å²) >= 11 is 0. The van der Waals surface area contributed by atoms with Crippen LogP contribution in [0.1, 0.15) is 48.2 Å². The third-order valence-corrected chi connectivity index (χ3v) is 6.88. The number of ether oxygens (including phenoxy) is 4. The molecule has 2 aliphatic rings. The number of carbonyl (C=O) groups is 5. The van der Waals surface area contributed by atoms with Crippen LogP contribution < -0.4 is 10.5 Å². The number of fused-ring (bicyclic) bond motifs is 1. The molecule has 40 heavy (non-hydrogen) atoms. The van der Waals surface area contributed by atoms with Gasteiger partial charge in [0.05, 0.1) is 37.5 Å². The first-order valence-corrected chi connectivity index (χ1v) is 13.1. The van der Waals surface area contributed by atoms with Crippen LogP contribution in [0.2, 0.25) is 0 Å². The topological polar surface area (TPSA) is 168 Å². The van der Waals surface area contributed by atoms with Crippen molar-refractivity contribution in [2.24, 2.45) is 5.73 Å². The summed E-state index contributed by atoms with van der Waals surface area (Å²) in [7, 11) is 1.24. The number of hydrogen-bond donors (Lipinski definition) is 1. The summed E-state index contributed by atoms with van der Waals surface area (Å²) in [5.74, 6) is -3.47. The number of amides is 3. The molecule has 2 N–H and O–H groups in total. The molecule has 214 valence electrons. The number of hydrogen-bond acceptors (Lipinski definition) is 10. The van der Waals surface area contributed by atoms with Crippen LogP contribution in [0.25, 0.3) is 10.9 Å². The largest absolute Gasteiger partial charge is 0.477 e. The number of carbonyl (C=O) groups excluding carboxylic acids is 5. The van der Waals surface area contributed by atoms with Crippen molar-refractivity contribution in [2.45, 2.75) is 38.2 Å². The van der Waals surface area contributed by atoms with Gasteiger partial charge in [0.2, 0.25) is 5.91 Å². The van der Waals surface area contributed by atoms with E-state index in [0.29, 0.717) is 10.9 Å². The highest BCUT2D eigenvalue weighted by Gasteiger charge is 2.37. The molecule has 2 fully saturated rings. The number of benzene rings is 1. The van der Waals surface area contributed by atoms with Crippen LogP contribution >= 0.6 is 0 Å². The molecule has 3 amide bonds. The predicted octanol–water partition coefficient (Wildman–Crippen LogP) is 1.37. The molecule has 2 atom stereocenters. The van der Waals surface area contributed by atoms with Gasteiger partial charge in [-0.2, -0.15) is 0 Å². The average molecular weight is 557 g/mol. The Morgan fingerprint density at radius 3 is 2.45 bits per heavy atom. The minimum absolute atomic E-state index is 0.0277. The normalized spacial score (nSPS) is 17.8. The smallest absolute Gasteiger partial charge is 0.409 e. The van der Waals surface area contributed by atoms with E-state index >= 15 is 0 Å². The van der Waals surface area contributed by atoms with Crippen molar-refractivity contribution < 1.29 is 42.9 Å². The molecule has 2 aliphatic heterocycles. The van der Waals surface area contributed by atoms with Gasteiger partial charge in [0.25, 0.3) is 5.91 Å². The van der Waals surface area contributed by atoms with Crippen molar-refractivity contribution >= 4 is 40.7 Å². The van der Waals surface area contributed by atoms with E-state index in [-0.39, 0.29) is 75.7 Å². The van der Waals surface area contributed by atoms with E-state index < -0.39 is 41.9 Å². The van der Waals surface area contributed by atoms with Crippen LogP contribution in [0.5, 0.6) is 5.75 Å². The van der Waals surface area contributed by atoms with Crippen molar-refractivity contribution in [3.8, 4) is 5.75 Å². The number of cyclic esters (lactones) is 1. The zero-order valence-corrected chi connectivity index (χ0v) is 22.4. The fourth-order valence-electron chi connectivity index (χ4n) is 4.83. The molecular weight excluding hydrogens is 524 g/mol. The first-order chi connectivity index (χ1) is 19.2. The Kier molecular flexibility index (Phi) is 9.02. The SMILES string of the molecule is CCOC(=O)N1CCN(C(=O)C(CCC(=O)OC)c2nc3ccccc3c(OC3CCOC3=O)c2C(N)=O)CC1. The fraction of sp³-hybridized carbons (Fsp3) is 0.481. The molecule has 0 saturated carbocycles. The maximum atomic E-state index is 14.0. The highest BCUT2D eigenvalue weighted by atomic mass is 16.6. The number of methoxy groups -OCH3 is 1. The summed E-state index contributed by atoms with van der Waals surface area (Å²) in [6.07, 6.45) is -1.31. The molecule has 1 aromatic carbocycles. The molecule has 4 rings (SSSR count). The summed E-state index contributed by atoms with van der Waals surface area (Å²) in [6, 6.07) is 6.81. The van der Waals surface area contributed by atoms with Gasteiger partial charge in [-0.15, -0.1) is 0 Å². The number of esters is 2. The average Bonchev–Trinajstić information content (AvgIpc) is 3.36. The van der Waals surface area contributed by atoms with Crippen molar-refractivity contribution in [2.75, 3.05) is 46.5 Å². The Morgan fingerprint density at radius 2 is 1.82 bits per heavy atom. The van der Waals surface area contributed by atoms with Gasteiger partial charge >= 0.3 is 18.0 Å². The Hall–Kier alpha value is -4.42. The predicted molar refractivity (Wildman–Crippen MR) is 139 cm³/mol. The van der Waals surface area contributed by atoms with Crippen molar-refractivity contribution in [1.29, 1.82) is 0 Å². The molecule has 13 heteroatoms. The van der Waals surface area contributed by atoms with E-state index in [9.17, 15) is 24.0 Å². The van der Waals surface area contributed by atoms with Crippen molar-refractivity contribution in [3.63, 3.8) is 0 Å². The standard InChI is InChI=1S/C27H32N4O9/c1-3-38-27(36)31-13-11-30(12-14-31)25(34)17(8-9-20(32)37-2)22-21(24(28)33)23(40-19-10-15-39-26(19)35)16-6-4-5-7-18(16)29-22/h4-7,17,19H,3,8-15H2,1-2H3,(H2,28,33). The first kappa shape index (κ1) is 28.6. The number of para-hydroxylation sites is 1. The number of aromatic nitrogens is 1. The minimum Gasteiger partial charge on any atom is -0.477 e. The summed E-state index contributed by atoms with van der Waals surface area (Å²) < 4.78 is 20.9. The highest BCUT2D eigenvalue weighted by Crippen LogP contribution is 2.37. The van der Waals surface area contributed by atoms with Crippen LogP contribution in [-0.4, -0.2) is 97.2 Å². The van der Waals surface area contributed by atoms with Gasteiger partial charge in [0.1, 0.15) is 11.3 Å². The number of piperazine rings is 1. The molecule has 2 unspecified atom stereocenters. The third kappa shape index (κ3) is 6.08. The van der Waals surface area contributed by atoms with Gasteiger partial charge in [0.15, 0.2) is 6.10 Å². The number of pyridine rings is 1. The molecular formula is C27H32N4O9. The second-order valence-electron chi connectivity index (χ2n) is 9.32. The van der Waals surface area contributed by atoms with E-state index in [2.05, 4.69) is 4.98 Å². The summed E-state index contributed by atoms with van der Waals surface area (Å²) in [4.78, 5) is 71.0. The minimum atomic E-state index is -1.07. The molecule has 0 aliphatic carbocycles. The summed E-state index contributed by atoms with van der Waals surface area (Å²) in [5, 5.41) is 0.432. The lowest BCUT2D eigenvalue weighted by Crippen LogP contribution is -2.52. The molecule has 0 bridgehead atoms. The van der Waals surface area contributed by atoms with Crippen molar-refractivity contribution in [3.05, 3.63) is 35.5 Å². The van der Waals surface area contributed by atoms with E-state index in [1.54, 1.807) is 36.1 Å². The van der Waals surface area contributed by atoms with Gasteiger partial charge < -0.3 is 34.5 Å². The Balaban J connectivity index is 1.76. The lowest BCUT2D eigenvalue weighted by atomic mass is 9.91. The van der Waals surface area contributed by atoms with Crippen molar-refractivity contribution in [1.82, 2.24) is 14.8 Å². The Labute approximate surface area is 230 Å². The van der Waals surface area contributed by atoms with Crippen LogP contribution in [-0.2, 0) is 28.6 Å². The number of primary amides is 1.